The van der Waals surface area contributed by atoms with Gasteiger partial charge in [-0.25, -0.2) is 0 Å². The highest BCUT2D eigenvalue weighted by Crippen LogP contribution is 2.44. The third kappa shape index (κ3) is 2.57. The molecule has 1 aromatic carbocycles. The minimum Gasteiger partial charge on any atom is -0.454 e. The Balaban J connectivity index is 2.02. The number of carbonyl (C=O) groups is 1. The van der Waals surface area contributed by atoms with Gasteiger partial charge >= 0.3 is 0 Å². The van der Waals surface area contributed by atoms with Crippen molar-refractivity contribution in [2.24, 2.45) is 0 Å². The number of allylic oxidation sites excluding steroid dienone is 2. The first-order chi connectivity index (χ1) is 10.1. The second-order valence-corrected chi connectivity index (χ2v) is 6.27. The summed E-state index contributed by atoms with van der Waals surface area (Å²) in [6.07, 6.45) is 6.71. The summed E-state index contributed by atoms with van der Waals surface area (Å²) in [5.74, 6) is 1.91. The number of ether oxygens (including phenoxy) is 2. The number of hydrogen-bond acceptors (Lipinski definition) is 3. The fourth-order valence-electron chi connectivity index (χ4n) is 3.30. The Morgan fingerprint density at radius 2 is 2.05 bits per heavy atom. The minimum absolute atomic E-state index is 0.272. The maximum Gasteiger partial charge on any atom is 0.231 e. The number of Topliss-reactive ketones (excluding diaryl/α,β-unsaturated/α-hetero) is 1. The summed E-state index contributed by atoms with van der Waals surface area (Å²) in [7, 11) is 0. The van der Waals surface area contributed by atoms with Gasteiger partial charge in [-0.1, -0.05) is 24.1 Å². The van der Waals surface area contributed by atoms with Crippen LogP contribution in [0.5, 0.6) is 11.5 Å². The first kappa shape index (κ1) is 14.2. The molecule has 0 unspecified atom stereocenters. The van der Waals surface area contributed by atoms with E-state index in [1.54, 1.807) is 0 Å². The molecule has 1 saturated carbocycles. The first-order valence-electron chi connectivity index (χ1n) is 7.69. The van der Waals surface area contributed by atoms with Crippen LogP contribution < -0.4 is 9.47 Å². The first-order valence-corrected chi connectivity index (χ1v) is 7.69. The van der Waals surface area contributed by atoms with Crippen molar-refractivity contribution in [3.63, 3.8) is 0 Å². The van der Waals surface area contributed by atoms with Gasteiger partial charge in [0.2, 0.25) is 6.79 Å². The molecule has 0 amide bonds. The number of ketones is 1. The summed E-state index contributed by atoms with van der Waals surface area (Å²) in [4.78, 5) is 12.7. The van der Waals surface area contributed by atoms with E-state index < -0.39 is 0 Å². The molecule has 0 aromatic heterocycles. The molecular weight excluding hydrogens is 264 g/mol. The van der Waals surface area contributed by atoms with Crippen molar-refractivity contribution in [3.8, 4) is 11.5 Å². The highest BCUT2D eigenvalue weighted by Gasteiger charge is 2.41. The van der Waals surface area contributed by atoms with E-state index in [0.29, 0.717) is 12.2 Å². The molecule has 0 saturated heterocycles. The van der Waals surface area contributed by atoms with Crippen LogP contribution in [0, 0.1) is 0 Å². The summed E-state index contributed by atoms with van der Waals surface area (Å²) in [5.41, 5.74) is 1.96. The van der Waals surface area contributed by atoms with Gasteiger partial charge in [-0.2, -0.15) is 0 Å². The number of carbonyl (C=O) groups excluding carboxylic acids is 1. The summed E-state index contributed by atoms with van der Waals surface area (Å²) in [6.45, 7) is 4.44. The van der Waals surface area contributed by atoms with Crippen LogP contribution in [-0.4, -0.2) is 12.6 Å². The number of rotatable bonds is 3. The van der Waals surface area contributed by atoms with E-state index >= 15 is 0 Å². The normalized spacial score (nSPS) is 24.0. The molecule has 21 heavy (non-hydrogen) atoms. The van der Waals surface area contributed by atoms with Crippen molar-refractivity contribution >= 4 is 5.78 Å². The predicted molar refractivity (Wildman–Crippen MR) is 81.8 cm³/mol. The van der Waals surface area contributed by atoms with Crippen LogP contribution in [-0.2, 0) is 10.2 Å². The Morgan fingerprint density at radius 3 is 2.81 bits per heavy atom. The van der Waals surface area contributed by atoms with Gasteiger partial charge in [0.05, 0.1) is 5.41 Å². The van der Waals surface area contributed by atoms with Gasteiger partial charge in [-0.15, -0.1) is 0 Å². The van der Waals surface area contributed by atoms with E-state index in [4.69, 9.17) is 9.47 Å². The third-order valence-corrected chi connectivity index (χ3v) is 4.58. The Labute approximate surface area is 125 Å². The molecule has 2 aliphatic rings. The van der Waals surface area contributed by atoms with Gasteiger partial charge in [0, 0.05) is 6.42 Å². The molecule has 1 aliphatic heterocycles. The molecule has 3 heteroatoms. The van der Waals surface area contributed by atoms with Gasteiger partial charge < -0.3 is 9.47 Å². The van der Waals surface area contributed by atoms with Gasteiger partial charge in [0.25, 0.3) is 0 Å². The van der Waals surface area contributed by atoms with Gasteiger partial charge in [-0.05, 0) is 50.8 Å². The monoisotopic (exact) mass is 286 g/mol. The fourth-order valence-corrected chi connectivity index (χ4v) is 3.30. The van der Waals surface area contributed by atoms with Crippen molar-refractivity contribution < 1.29 is 14.3 Å². The number of benzene rings is 1. The Hall–Kier alpha value is -1.77. The molecule has 3 nitrogen and oxygen atoms in total. The lowest BCUT2D eigenvalue weighted by atomic mass is 9.66. The SMILES string of the molecule is CC(C)=CC[C@@]1(c2ccc3c(c2)OCO3)CCCCC1=O. The van der Waals surface area contributed by atoms with Crippen molar-refractivity contribution in [1.82, 2.24) is 0 Å². The molecule has 0 bridgehead atoms. The quantitative estimate of drug-likeness (QED) is 0.783. The van der Waals surface area contributed by atoms with E-state index in [1.807, 2.05) is 18.2 Å². The van der Waals surface area contributed by atoms with E-state index in [9.17, 15) is 4.79 Å². The van der Waals surface area contributed by atoms with E-state index in [0.717, 1.165) is 42.7 Å². The lowest BCUT2D eigenvalue weighted by molar-refractivity contribution is -0.126. The molecule has 1 aromatic rings. The van der Waals surface area contributed by atoms with Crippen LogP contribution in [0.15, 0.2) is 29.8 Å². The van der Waals surface area contributed by atoms with Crippen LogP contribution in [0.2, 0.25) is 0 Å². The van der Waals surface area contributed by atoms with Crippen molar-refractivity contribution in [3.05, 3.63) is 35.4 Å². The van der Waals surface area contributed by atoms with E-state index in [1.165, 1.54) is 5.57 Å². The Bertz CT molecular complexity index is 584. The van der Waals surface area contributed by atoms with Crippen molar-refractivity contribution in [2.75, 3.05) is 6.79 Å². The lowest BCUT2D eigenvalue weighted by Gasteiger charge is -2.36. The van der Waals surface area contributed by atoms with Gasteiger partial charge in [-0.3, -0.25) is 4.79 Å². The molecule has 1 aliphatic carbocycles. The highest BCUT2D eigenvalue weighted by molar-refractivity contribution is 5.91. The third-order valence-electron chi connectivity index (χ3n) is 4.58. The number of fused-ring (bicyclic) bond motifs is 1. The molecule has 1 heterocycles. The average molecular weight is 286 g/mol. The van der Waals surface area contributed by atoms with Crippen LogP contribution in [0.4, 0.5) is 0 Å². The average Bonchev–Trinajstić information content (AvgIpc) is 2.94. The second-order valence-electron chi connectivity index (χ2n) is 6.27. The second kappa shape index (κ2) is 5.55. The van der Waals surface area contributed by atoms with E-state index in [2.05, 4.69) is 19.9 Å². The molecule has 1 fully saturated rings. The zero-order valence-electron chi connectivity index (χ0n) is 12.8. The Kier molecular flexibility index (Phi) is 3.75. The summed E-state index contributed by atoms with van der Waals surface area (Å²) < 4.78 is 10.9. The topological polar surface area (TPSA) is 35.5 Å². The van der Waals surface area contributed by atoms with Crippen molar-refractivity contribution in [1.29, 1.82) is 0 Å². The maximum atomic E-state index is 12.7. The zero-order valence-corrected chi connectivity index (χ0v) is 12.8. The van der Waals surface area contributed by atoms with Crippen molar-refractivity contribution in [2.45, 2.75) is 51.4 Å². The zero-order chi connectivity index (χ0) is 14.9. The lowest BCUT2D eigenvalue weighted by Crippen LogP contribution is -2.38. The van der Waals surface area contributed by atoms with Crippen LogP contribution in [0.25, 0.3) is 0 Å². The predicted octanol–water partition coefficient (Wildman–Crippen LogP) is 4.15. The van der Waals surface area contributed by atoms with Crippen LogP contribution >= 0.6 is 0 Å². The number of hydrogen-bond donors (Lipinski definition) is 0. The van der Waals surface area contributed by atoms with Gasteiger partial charge in [0.1, 0.15) is 5.78 Å². The minimum atomic E-state index is -0.378. The summed E-state index contributed by atoms with van der Waals surface area (Å²) in [5, 5.41) is 0. The molecule has 0 radical (unpaired) electrons. The maximum absolute atomic E-state index is 12.7. The molecular formula is C18H22O3. The van der Waals surface area contributed by atoms with E-state index in [-0.39, 0.29) is 12.2 Å². The van der Waals surface area contributed by atoms with Gasteiger partial charge in [0.15, 0.2) is 11.5 Å². The summed E-state index contributed by atoms with van der Waals surface area (Å²) >= 11 is 0. The Morgan fingerprint density at radius 1 is 1.24 bits per heavy atom. The summed E-state index contributed by atoms with van der Waals surface area (Å²) in [6, 6.07) is 5.98. The molecule has 0 N–H and O–H groups in total. The molecule has 0 spiro atoms. The standard InChI is InChI=1S/C18H22O3/c1-13(2)8-10-18(9-4-3-5-17(18)19)14-6-7-15-16(11-14)21-12-20-15/h6-8,11H,3-5,9-10,12H2,1-2H3/t18-/m1/s1. The largest absolute Gasteiger partial charge is 0.454 e. The molecule has 1 atom stereocenters. The highest BCUT2D eigenvalue weighted by atomic mass is 16.7. The van der Waals surface area contributed by atoms with Crippen LogP contribution in [0.1, 0.15) is 51.5 Å². The molecule has 3 rings (SSSR count). The smallest absolute Gasteiger partial charge is 0.231 e. The fraction of sp³-hybridized carbons (Fsp3) is 0.500. The van der Waals surface area contributed by atoms with Crippen LogP contribution in [0.3, 0.4) is 0 Å². The molecule has 112 valence electrons.